The second-order valence-electron chi connectivity index (χ2n) is 4.18. The van der Waals surface area contributed by atoms with Gasteiger partial charge in [-0.3, -0.25) is 0 Å². The molecular weight excluding hydrogens is 184 g/mol. The molecule has 0 aliphatic heterocycles. The van der Waals surface area contributed by atoms with E-state index in [-0.39, 0.29) is 0 Å². The fourth-order valence-electron chi connectivity index (χ4n) is 1.85. The van der Waals surface area contributed by atoms with Crippen molar-refractivity contribution < 1.29 is 0 Å². The van der Waals surface area contributed by atoms with Gasteiger partial charge in [0.25, 0.3) is 0 Å². The molecular formula is C13H18N2. The lowest BCUT2D eigenvalue weighted by Crippen LogP contribution is -1.95. The van der Waals surface area contributed by atoms with Crippen LogP contribution in [0.5, 0.6) is 0 Å². The zero-order valence-electron chi connectivity index (χ0n) is 9.46. The maximum absolute atomic E-state index is 4.61. The van der Waals surface area contributed by atoms with Crippen molar-refractivity contribution in [3.8, 4) is 0 Å². The van der Waals surface area contributed by atoms with Gasteiger partial charge in [0, 0.05) is 5.92 Å². The second kappa shape index (κ2) is 4.47. The lowest BCUT2D eigenvalue weighted by Gasteiger charge is -2.06. The van der Waals surface area contributed by atoms with Gasteiger partial charge in [0.2, 0.25) is 0 Å². The average molecular weight is 202 g/mol. The molecule has 0 saturated heterocycles. The van der Waals surface area contributed by atoms with Crippen molar-refractivity contribution in [3.05, 3.63) is 30.1 Å². The summed E-state index contributed by atoms with van der Waals surface area (Å²) < 4.78 is 0. The third-order valence-corrected chi connectivity index (χ3v) is 2.87. The van der Waals surface area contributed by atoms with Gasteiger partial charge in [0.05, 0.1) is 11.0 Å². The Hall–Kier alpha value is -1.31. The Kier molecular flexibility index (Phi) is 3.05. The molecule has 1 unspecified atom stereocenters. The highest BCUT2D eigenvalue weighted by atomic mass is 14.9. The van der Waals surface area contributed by atoms with Gasteiger partial charge in [-0.05, 0) is 18.6 Å². The van der Waals surface area contributed by atoms with E-state index in [0.717, 1.165) is 16.9 Å². The number of nitrogens with zero attached hydrogens (tertiary/aromatic N) is 1. The summed E-state index contributed by atoms with van der Waals surface area (Å²) in [6.45, 7) is 4.47. The fraction of sp³-hybridized carbons (Fsp3) is 0.462. The van der Waals surface area contributed by atoms with E-state index in [1.807, 2.05) is 12.1 Å². The number of hydrogen-bond donors (Lipinski definition) is 1. The van der Waals surface area contributed by atoms with Gasteiger partial charge in [-0.1, -0.05) is 38.8 Å². The highest BCUT2D eigenvalue weighted by Crippen LogP contribution is 2.21. The first-order valence-electron chi connectivity index (χ1n) is 5.76. The van der Waals surface area contributed by atoms with Crippen molar-refractivity contribution >= 4 is 11.0 Å². The number of unbranched alkanes of at least 4 members (excludes halogenated alkanes) is 1. The molecule has 0 aliphatic carbocycles. The van der Waals surface area contributed by atoms with E-state index in [0.29, 0.717) is 5.92 Å². The number of aromatic nitrogens is 2. The number of hydrogen-bond acceptors (Lipinski definition) is 1. The first-order valence-corrected chi connectivity index (χ1v) is 5.76. The van der Waals surface area contributed by atoms with Crippen molar-refractivity contribution in [2.24, 2.45) is 0 Å². The van der Waals surface area contributed by atoms with Crippen LogP contribution in [0.3, 0.4) is 0 Å². The Morgan fingerprint density at radius 2 is 2.13 bits per heavy atom. The fourth-order valence-corrected chi connectivity index (χ4v) is 1.85. The minimum atomic E-state index is 0.539. The minimum absolute atomic E-state index is 0.539. The SMILES string of the molecule is CCCCC(C)c1nc2ccccc2[nH]1. The van der Waals surface area contributed by atoms with Crippen LogP contribution in [0.4, 0.5) is 0 Å². The topological polar surface area (TPSA) is 28.7 Å². The molecule has 2 rings (SSSR count). The number of nitrogens with one attached hydrogen (secondary N) is 1. The molecule has 1 atom stereocenters. The molecule has 1 aromatic heterocycles. The zero-order chi connectivity index (χ0) is 10.7. The third-order valence-electron chi connectivity index (χ3n) is 2.87. The van der Waals surface area contributed by atoms with E-state index >= 15 is 0 Å². The average Bonchev–Trinajstić information content (AvgIpc) is 2.69. The molecule has 1 heterocycles. The Balaban J connectivity index is 2.20. The Morgan fingerprint density at radius 1 is 1.33 bits per heavy atom. The molecule has 1 aromatic carbocycles. The quantitative estimate of drug-likeness (QED) is 0.801. The van der Waals surface area contributed by atoms with Gasteiger partial charge >= 0.3 is 0 Å². The first-order chi connectivity index (χ1) is 7.31. The zero-order valence-corrected chi connectivity index (χ0v) is 9.46. The molecule has 0 saturated carbocycles. The third kappa shape index (κ3) is 2.20. The molecule has 15 heavy (non-hydrogen) atoms. The molecule has 2 aromatic rings. The monoisotopic (exact) mass is 202 g/mol. The second-order valence-corrected chi connectivity index (χ2v) is 4.18. The molecule has 0 spiro atoms. The molecule has 80 valence electrons. The van der Waals surface area contributed by atoms with E-state index in [2.05, 4.69) is 35.9 Å². The lowest BCUT2D eigenvalue weighted by atomic mass is 10.0. The first kappa shape index (κ1) is 10.2. The summed E-state index contributed by atoms with van der Waals surface area (Å²) in [5.74, 6) is 1.67. The van der Waals surface area contributed by atoms with E-state index < -0.39 is 0 Å². The van der Waals surface area contributed by atoms with Gasteiger partial charge in [0.1, 0.15) is 5.82 Å². The number of aromatic amines is 1. The summed E-state index contributed by atoms with van der Waals surface area (Å²) in [5.41, 5.74) is 2.23. The van der Waals surface area contributed by atoms with Crippen molar-refractivity contribution in [1.29, 1.82) is 0 Å². The number of benzene rings is 1. The normalized spacial score (nSPS) is 13.2. The standard InChI is InChI=1S/C13H18N2/c1-3-4-7-10(2)13-14-11-8-5-6-9-12(11)15-13/h5-6,8-10H,3-4,7H2,1-2H3,(H,14,15). The molecule has 0 aliphatic rings. The Labute approximate surface area is 90.7 Å². The minimum Gasteiger partial charge on any atom is -0.342 e. The summed E-state index contributed by atoms with van der Waals surface area (Å²) >= 11 is 0. The van der Waals surface area contributed by atoms with Crippen LogP contribution >= 0.6 is 0 Å². The lowest BCUT2D eigenvalue weighted by molar-refractivity contribution is 0.602. The molecule has 0 amide bonds. The summed E-state index contributed by atoms with van der Waals surface area (Å²) in [7, 11) is 0. The number of H-pyrrole nitrogens is 1. The van der Waals surface area contributed by atoms with Crippen molar-refractivity contribution in [2.75, 3.05) is 0 Å². The van der Waals surface area contributed by atoms with Crippen LogP contribution in [0, 0.1) is 0 Å². The van der Waals surface area contributed by atoms with E-state index in [1.165, 1.54) is 19.3 Å². The Morgan fingerprint density at radius 3 is 2.87 bits per heavy atom. The van der Waals surface area contributed by atoms with Gasteiger partial charge in [0.15, 0.2) is 0 Å². The van der Waals surface area contributed by atoms with E-state index in [1.54, 1.807) is 0 Å². The summed E-state index contributed by atoms with van der Waals surface area (Å²) in [5, 5.41) is 0. The number of rotatable bonds is 4. The molecule has 0 bridgehead atoms. The molecule has 2 heteroatoms. The molecule has 0 radical (unpaired) electrons. The van der Waals surface area contributed by atoms with Crippen LogP contribution in [-0.2, 0) is 0 Å². The number of para-hydroxylation sites is 2. The van der Waals surface area contributed by atoms with Gasteiger partial charge in [-0.15, -0.1) is 0 Å². The van der Waals surface area contributed by atoms with Gasteiger partial charge < -0.3 is 4.98 Å². The number of fused-ring (bicyclic) bond motifs is 1. The van der Waals surface area contributed by atoms with E-state index in [9.17, 15) is 0 Å². The highest BCUT2D eigenvalue weighted by molar-refractivity contribution is 5.74. The van der Waals surface area contributed by atoms with Crippen molar-refractivity contribution in [1.82, 2.24) is 9.97 Å². The predicted molar refractivity (Wildman–Crippen MR) is 64.0 cm³/mol. The summed E-state index contributed by atoms with van der Waals surface area (Å²) in [4.78, 5) is 8.00. The molecule has 2 nitrogen and oxygen atoms in total. The predicted octanol–water partition coefficient (Wildman–Crippen LogP) is 3.86. The molecule has 0 fully saturated rings. The van der Waals surface area contributed by atoms with Gasteiger partial charge in [-0.25, -0.2) is 4.98 Å². The number of imidazole rings is 1. The van der Waals surface area contributed by atoms with Crippen molar-refractivity contribution in [2.45, 2.75) is 39.0 Å². The van der Waals surface area contributed by atoms with Crippen LogP contribution in [0.15, 0.2) is 24.3 Å². The summed E-state index contributed by atoms with van der Waals surface area (Å²) in [6, 6.07) is 8.21. The largest absolute Gasteiger partial charge is 0.342 e. The van der Waals surface area contributed by atoms with Crippen LogP contribution in [0.25, 0.3) is 11.0 Å². The maximum atomic E-state index is 4.61. The highest BCUT2D eigenvalue weighted by Gasteiger charge is 2.09. The van der Waals surface area contributed by atoms with Crippen LogP contribution in [0.1, 0.15) is 44.9 Å². The Bertz CT molecular complexity index is 398. The summed E-state index contributed by atoms with van der Waals surface area (Å²) in [6.07, 6.45) is 3.75. The molecule has 1 N–H and O–H groups in total. The van der Waals surface area contributed by atoms with E-state index in [4.69, 9.17) is 0 Å². The smallest absolute Gasteiger partial charge is 0.110 e. The van der Waals surface area contributed by atoms with Crippen LogP contribution in [-0.4, -0.2) is 9.97 Å². The maximum Gasteiger partial charge on any atom is 0.110 e. The van der Waals surface area contributed by atoms with Crippen molar-refractivity contribution in [3.63, 3.8) is 0 Å². The van der Waals surface area contributed by atoms with Crippen LogP contribution < -0.4 is 0 Å². The van der Waals surface area contributed by atoms with Gasteiger partial charge in [-0.2, -0.15) is 0 Å². The van der Waals surface area contributed by atoms with Crippen LogP contribution in [0.2, 0.25) is 0 Å².